The number of piperidine rings is 1. The summed E-state index contributed by atoms with van der Waals surface area (Å²) in [6.45, 7) is 2.48. The third kappa shape index (κ3) is 1.56. The number of aromatic nitrogens is 2. The Morgan fingerprint density at radius 1 is 1.50 bits per heavy atom. The number of fused-ring (bicyclic) bond motifs is 1. The molecule has 16 heavy (non-hydrogen) atoms. The molecule has 1 N–H and O–H groups in total. The van der Waals surface area contributed by atoms with Gasteiger partial charge in [0.25, 0.3) is 0 Å². The van der Waals surface area contributed by atoms with Crippen molar-refractivity contribution in [2.75, 3.05) is 18.8 Å². The number of nitrogens with one attached hydrogen (secondary N) is 1. The molecule has 0 saturated carbocycles. The molecular formula is C10H15N3O2S. The Morgan fingerprint density at radius 3 is 3.06 bits per heavy atom. The van der Waals surface area contributed by atoms with Gasteiger partial charge in [-0.05, 0) is 25.5 Å². The fourth-order valence-corrected chi connectivity index (χ4v) is 3.82. The first-order chi connectivity index (χ1) is 7.67. The predicted molar refractivity (Wildman–Crippen MR) is 59.1 cm³/mol. The van der Waals surface area contributed by atoms with Gasteiger partial charge in [0.15, 0.2) is 14.9 Å². The number of nitrogens with zero attached hydrogens (tertiary/aromatic N) is 2. The van der Waals surface area contributed by atoms with Crippen molar-refractivity contribution in [2.45, 2.75) is 30.3 Å². The van der Waals surface area contributed by atoms with Crippen molar-refractivity contribution < 1.29 is 8.42 Å². The normalized spacial score (nSPS) is 27.9. The molecule has 5 nitrogen and oxygen atoms in total. The van der Waals surface area contributed by atoms with Crippen molar-refractivity contribution in [1.82, 2.24) is 15.1 Å². The molecular weight excluding hydrogens is 226 g/mol. The Kier molecular flexibility index (Phi) is 2.29. The molecule has 0 radical (unpaired) electrons. The van der Waals surface area contributed by atoms with Crippen LogP contribution in [0.5, 0.6) is 0 Å². The molecule has 88 valence electrons. The van der Waals surface area contributed by atoms with Crippen molar-refractivity contribution in [3.8, 4) is 0 Å². The minimum absolute atomic E-state index is 0.207. The highest BCUT2D eigenvalue weighted by atomic mass is 32.2. The summed E-state index contributed by atoms with van der Waals surface area (Å²) in [7, 11) is -3.04. The zero-order valence-corrected chi connectivity index (χ0v) is 9.83. The van der Waals surface area contributed by atoms with E-state index in [1.807, 2.05) is 0 Å². The van der Waals surface area contributed by atoms with Crippen molar-refractivity contribution in [2.24, 2.45) is 0 Å². The summed E-state index contributed by atoms with van der Waals surface area (Å²) in [5, 5.41) is 8.14. The first kappa shape index (κ1) is 10.3. The van der Waals surface area contributed by atoms with Crippen LogP contribution in [0.15, 0.2) is 11.1 Å². The molecule has 1 saturated heterocycles. The van der Waals surface area contributed by atoms with Gasteiger partial charge in [-0.2, -0.15) is 5.10 Å². The lowest BCUT2D eigenvalue weighted by Crippen LogP contribution is -2.28. The highest BCUT2D eigenvalue weighted by Crippen LogP contribution is 2.27. The van der Waals surface area contributed by atoms with Crippen LogP contribution < -0.4 is 5.32 Å². The Balaban J connectivity index is 1.94. The van der Waals surface area contributed by atoms with Crippen LogP contribution in [-0.4, -0.2) is 37.0 Å². The van der Waals surface area contributed by atoms with Gasteiger partial charge in [0.2, 0.25) is 0 Å². The molecule has 0 aromatic carbocycles. The molecule has 6 heteroatoms. The summed E-state index contributed by atoms with van der Waals surface area (Å²) in [5.41, 5.74) is 0.936. The Labute approximate surface area is 94.8 Å². The SMILES string of the molecule is O=S1(=O)CCn2nc(C3CCCNC3)cc21. The van der Waals surface area contributed by atoms with Crippen molar-refractivity contribution in [3.05, 3.63) is 11.8 Å². The molecule has 0 bridgehead atoms. The maximum Gasteiger partial charge on any atom is 0.197 e. The molecule has 0 aliphatic carbocycles. The lowest BCUT2D eigenvalue weighted by molar-refractivity contribution is 0.449. The molecule has 2 aliphatic rings. The quantitative estimate of drug-likeness (QED) is 0.759. The standard InChI is InChI=1S/C10H15N3O2S/c14-16(15)5-4-13-10(16)6-9(12-13)8-2-1-3-11-7-8/h6,8,11H,1-5,7H2. The monoisotopic (exact) mass is 241 g/mol. The summed E-state index contributed by atoms with van der Waals surface area (Å²) in [6.07, 6.45) is 2.24. The molecule has 3 rings (SSSR count). The van der Waals surface area contributed by atoms with Crippen LogP contribution in [-0.2, 0) is 16.4 Å². The largest absolute Gasteiger partial charge is 0.316 e. The number of rotatable bonds is 1. The number of aryl methyl sites for hydroxylation is 1. The van der Waals surface area contributed by atoms with E-state index >= 15 is 0 Å². The van der Waals surface area contributed by atoms with Crippen LogP contribution in [0.2, 0.25) is 0 Å². The second kappa shape index (κ2) is 3.56. The van der Waals surface area contributed by atoms with E-state index < -0.39 is 9.84 Å². The molecule has 1 atom stereocenters. The van der Waals surface area contributed by atoms with Gasteiger partial charge in [0.1, 0.15) is 0 Å². The highest BCUT2D eigenvalue weighted by Gasteiger charge is 2.30. The summed E-state index contributed by atoms with van der Waals surface area (Å²) in [6, 6.07) is 1.76. The maximum atomic E-state index is 11.7. The third-order valence-corrected chi connectivity index (χ3v) is 5.05. The van der Waals surface area contributed by atoms with Gasteiger partial charge in [0.05, 0.1) is 18.0 Å². The summed E-state index contributed by atoms with van der Waals surface area (Å²) < 4.78 is 25.0. The lowest BCUT2D eigenvalue weighted by Gasteiger charge is -2.20. The zero-order chi connectivity index (χ0) is 11.2. The van der Waals surface area contributed by atoms with Gasteiger partial charge in [-0.1, -0.05) is 0 Å². The zero-order valence-electron chi connectivity index (χ0n) is 9.02. The summed E-state index contributed by atoms with van der Waals surface area (Å²) >= 11 is 0. The molecule has 1 aromatic rings. The average molecular weight is 241 g/mol. The van der Waals surface area contributed by atoms with Gasteiger partial charge >= 0.3 is 0 Å². The van der Waals surface area contributed by atoms with E-state index in [4.69, 9.17) is 0 Å². The van der Waals surface area contributed by atoms with E-state index in [-0.39, 0.29) is 5.75 Å². The van der Waals surface area contributed by atoms with Crippen molar-refractivity contribution in [1.29, 1.82) is 0 Å². The first-order valence-corrected chi connectivity index (χ1v) is 7.33. The maximum absolute atomic E-state index is 11.7. The number of hydrogen-bond acceptors (Lipinski definition) is 4. The van der Waals surface area contributed by atoms with E-state index in [0.29, 0.717) is 17.5 Å². The highest BCUT2D eigenvalue weighted by molar-refractivity contribution is 7.91. The molecule has 3 heterocycles. The molecule has 1 fully saturated rings. The number of sulfone groups is 1. The van der Waals surface area contributed by atoms with Crippen LogP contribution >= 0.6 is 0 Å². The fraction of sp³-hybridized carbons (Fsp3) is 0.700. The molecule has 0 spiro atoms. The Bertz CT molecular complexity index is 500. The average Bonchev–Trinajstić information content (AvgIpc) is 2.82. The van der Waals surface area contributed by atoms with Gasteiger partial charge in [-0.15, -0.1) is 0 Å². The van der Waals surface area contributed by atoms with Crippen molar-refractivity contribution in [3.63, 3.8) is 0 Å². The minimum Gasteiger partial charge on any atom is -0.316 e. The predicted octanol–water partition coefficient (Wildman–Crippen LogP) is 0.137. The van der Waals surface area contributed by atoms with Crippen LogP contribution in [0.4, 0.5) is 0 Å². The summed E-state index contributed by atoms with van der Waals surface area (Å²) in [4.78, 5) is 0. The van der Waals surface area contributed by atoms with Crippen LogP contribution in [0.25, 0.3) is 0 Å². The van der Waals surface area contributed by atoms with E-state index in [2.05, 4.69) is 10.4 Å². The van der Waals surface area contributed by atoms with Crippen LogP contribution in [0.1, 0.15) is 24.5 Å². The van der Waals surface area contributed by atoms with Gasteiger partial charge < -0.3 is 5.32 Å². The molecule has 1 aromatic heterocycles. The smallest absolute Gasteiger partial charge is 0.197 e. The van der Waals surface area contributed by atoms with E-state index in [9.17, 15) is 8.42 Å². The summed E-state index contributed by atoms with van der Waals surface area (Å²) in [5.74, 6) is 0.584. The van der Waals surface area contributed by atoms with E-state index in [1.54, 1.807) is 10.7 Å². The first-order valence-electron chi connectivity index (χ1n) is 5.68. The van der Waals surface area contributed by atoms with Crippen molar-refractivity contribution >= 4 is 9.84 Å². The van der Waals surface area contributed by atoms with Gasteiger partial charge in [-0.3, -0.25) is 4.68 Å². The molecule has 2 aliphatic heterocycles. The second-order valence-corrected chi connectivity index (χ2v) is 6.55. The second-order valence-electron chi connectivity index (χ2n) is 4.49. The van der Waals surface area contributed by atoms with Crippen LogP contribution in [0.3, 0.4) is 0 Å². The van der Waals surface area contributed by atoms with Crippen LogP contribution in [0, 0.1) is 0 Å². The Hall–Kier alpha value is -0.880. The van der Waals surface area contributed by atoms with E-state index in [0.717, 1.165) is 31.6 Å². The van der Waals surface area contributed by atoms with E-state index in [1.165, 1.54) is 0 Å². The Morgan fingerprint density at radius 2 is 2.38 bits per heavy atom. The van der Waals surface area contributed by atoms with Gasteiger partial charge in [-0.25, -0.2) is 8.42 Å². The topological polar surface area (TPSA) is 64.0 Å². The number of hydrogen-bond donors (Lipinski definition) is 1. The third-order valence-electron chi connectivity index (χ3n) is 3.37. The lowest BCUT2D eigenvalue weighted by atomic mass is 9.96. The fourth-order valence-electron chi connectivity index (χ4n) is 2.44. The molecule has 1 unspecified atom stereocenters. The van der Waals surface area contributed by atoms with Gasteiger partial charge in [0, 0.05) is 12.5 Å². The minimum atomic E-state index is -3.04. The molecule has 0 amide bonds.